The molecule has 2 aromatic heterocycles. The Morgan fingerprint density at radius 3 is 2.56 bits per heavy atom. The van der Waals surface area contributed by atoms with E-state index in [9.17, 15) is 8.42 Å². The fraction of sp³-hybridized carbons (Fsp3) is 0.312. The molecule has 3 aromatic rings. The van der Waals surface area contributed by atoms with Gasteiger partial charge in [0.25, 0.3) is 5.95 Å². The Kier molecular flexibility index (Phi) is 5.27. The zero-order chi connectivity index (χ0) is 19.8. The molecule has 27 heavy (non-hydrogen) atoms. The lowest BCUT2D eigenvalue weighted by atomic mass is 10.2. The number of benzene rings is 1. The van der Waals surface area contributed by atoms with Gasteiger partial charge in [0.2, 0.25) is 15.2 Å². The van der Waals surface area contributed by atoms with E-state index in [0.717, 1.165) is 17.0 Å². The summed E-state index contributed by atoms with van der Waals surface area (Å²) in [7, 11) is -0.454. The third-order valence-electron chi connectivity index (χ3n) is 3.89. The molecule has 1 aromatic carbocycles. The summed E-state index contributed by atoms with van der Waals surface area (Å²) in [5, 5.41) is 13.1. The van der Waals surface area contributed by atoms with Crippen LogP contribution in [0.1, 0.15) is 17.0 Å². The Labute approximate surface area is 162 Å². The highest BCUT2D eigenvalue weighted by atomic mass is 32.2. The predicted molar refractivity (Wildman–Crippen MR) is 104 cm³/mol. The lowest BCUT2D eigenvalue weighted by Crippen LogP contribution is -2.22. The molecule has 0 amide bonds. The van der Waals surface area contributed by atoms with Gasteiger partial charge in [-0.1, -0.05) is 23.9 Å². The Balaban J connectivity index is 1.80. The van der Waals surface area contributed by atoms with Gasteiger partial charge in [-0.2, -0.15) is 5.10 Å². The van der Waals surface area contributed by atoms with E-state index in [1.54, 1.807) is 22.9 Å². The van der Waals surface area contributed by atoms with E-state index in [4.69, 9.17) is 5.84 Å². The number of aromatic nitrogens is 5. The lowest BCUT2D eigenvalue weighted by Gasteiger charge is -2.12. The molecule has 2 heterocycles. The monoisotopic (exact) mass is 407 g/mol. The molecule has 0 radical (unpaired) electrons. The van der Waals surface area contributed by atoms with Crippen molar-refractivity contribution in [2.24, 2.45) is 0 Å². The Morgan fingerprint density at radius 2 is 1.93 bits per heavy atom. The lowest BCUT2D eigenvalue weighted by molar-refractivity contribution is 0.520. The van der Waals surface area contributed by atoms with Gasteiger partial charge in [0, 0.05) is 25.5 Å². The highest BCUT2D eigenvalue weighted by Crippen LogP contribution is 2.24. The second-order valence-corrected chi connectivity index (χ2v) is 9.31. The molecule has 0 aliphatic rings. The zero-order valence-electron chi connectivity index (χ0n) is 15.5. The molecular weight excluding hydrogens is 386 g/mol. The quantitative estimate of drug-likeness (QED) is 0.485. The van der Waals surface area contributed by atoms with Crippen LogP contribution in [0.4, 0.5) is 0 Å². The summed E-state index contributed by atoms with van der Waals surface area (Å²) in [5.41, 5.74) is 2.62. The van der Waals surface area contributed by atoms with Gasteiger partial charge in [0.1, 0.15) is 0 Å². The first kappa shape index (κ1) is 19.4. The minimum atomic E-state index is -3.47. The SMILES string of the molecule is Cc1cc(C)n(-c2nnc(SCc3cccc(S(=O)(=O)N(C)C)c3)n2N)n1. The number of hydrogen-bond donors (Lipinski definition) is 1. The normalized spacial score (nSPS) is 12.0. The van der Waals surface area contributed by atoms with Crippen LogP contribution in [0, 0.1) is 13.8 Å². The van der Waals surface area contributed by atoms with Crippen LogP contribution in [0.15, 0.2) is 40.4 Å². The Bertz CT molecular complexity index is 1070. The van der Waals surface area contributed by atoms with E-state index >= 15 is 0 Å². The predicted octanol–water partition coefficient (Wildman–Crippen LogP) is 1.34. The molecule has 0 spiro atoms. The van der Waals surface area contributed by atoms with Crippen molar-refractivity contribution in [1.29, 1.82) is 0 Å². The third-order valence-corrected chi connectivity index (χ3v) is 6.72. The van der Waals surface area contributed by atoms with E-state index in [2.05, 4.69) is 15.3 Å². The summed E-state index contributed by atoms with van der Waals surface area (Å²) >= 11 is 1.37. The molecule has 3 rings (SSSR count). The molecule has 0 saturated carbocycles. The molecule has 0 bridgehead atoms. The number of nitrogens with two attached hydrogens (primary N) is 1. The summed E-state index contributed by atoms with van der Waals surface area (Å²) in [4.78, 5) is 0.253. The van der Waals surface area contributed by atoms with Gasteiger partial charge < -0.3 is 5.84 Å². The molecule has 144 valence electrons. The van der Waals surface area contributed by atoms with Crippen molar-refractivity contribution in [3.8, 4) is 5.95 Å². The van der Waals surface area contributed by atoms with Gasteiger partial charge in [0.15, 0.2) is 0 Å². The smallest absolute Gasteiger partial charge is 0.271 e. The summed E-state index contributed by atoms with van der Waals surface area (Å²) in [6, 6.07) is 8.75. The molecule has 0 atom stereocenters. The second-order valence-electron chi connectivity index (χ2n) is 6.21. The van der Waals surface area contributed by atoms with Crippen molar-refractivity contribution in [3.63, 3.8) is 0 Å². The number of hydrogen-bond acceptors (Lipinski definition) is 7. The van der Waals surface area contributed by atoms with E-state index in [1.165, 1.54) is 34.8 Å². The van der Waals surface area contributed by atoms with Gasteiger partial charge in [0.05, 0.1) is 10.6 Å². The number of sulfonamides is 1. The molecule has 0 aliphatic carbocycles. The maximum atomic E-state index is 12.3. The van der Waals surface area contributed by atoms with Crippen molar-refractivity contribution < 1.29 is 8.42 Å². The largest absolute Gasteiger partial charge is 0.334 e. The molecule has 0 saturated heterocycles. The van der Waals surface area contributed by atoms with Crippen LogP contribution >= 0.6 is 11.8 Å². The average Bonchev–Trinajstić information content (AvgIpc) is 3.14. The first-order valence-electron chi connectivity index (χ1n) is 8.08. The number of rotatable bonds is 6. The van der Waals surface area contributed by atoms with Crippen molar-refractivity contribution in [3.05, 3.63) is 47.3 Å². The maximum absolute atomic E-state index is 12.3. The van der Waals surface area contributed by atoms with Crippen LogP contribution in [0.25, 0.3) is 5.95 Å². The summed E-state index contributed by atoms with van der Waals surface area (Å²) in [6.45, 7) is 3.81. The molecular formula is C16H21N7O2S2. The first-order chi connectivity index (χ1) is 12.7. The van der Waals surface area contributed by atoms with Gasteiger partial charge in [-0.05, 0) is 37.6 Å². The minimum absolute atomic E-state index is 0.253. The first-order valence-corrected chi connectivity index (χ1v) is 10.5. The molecule has 0 aliphatic heterocycles. The summed E-state index contributed by atoms with van der Waals surface area (Å²) in [5.74, 6) is 7.05. The Morgan fingerprint density at radius 1 is 1.19 bits per heavy atom. The molecule has 0 fully saturated rings. The number of nitrogen functional groups attached to an aromatic ring is 1. The highest BCUT2D eigenvalue weighted by molar-refractivity contribution is 7.98. The number of aryl methyl sites for hydroxylation is 2. The molecule has 11 heteroatoms. The van der Waals surface area contributed by atoms with Crippen molar-refractivity contribution >= 4 is 21.8 Å². The number of nitrogens with zero attached hydrogens (tertiary/aromatic N) is 6. The summed E-state index contributed by atoms with van der Waals surface area (Å²) in [6.07, 6.45) is 0. The van der Waals surface area contributed by atoms with E-state index in [0.29, 0.717) is 16.9 Å². The van der Waals surface area contributed by atoms with Crippen LogP contribution in [-0.2, 0) is 15.8 Å². The van der Waals surface area contributed by atoms with Gasteiger partial charge in [-0.15, -0.1) is 10.2 Å². The van der Waals surface area contributed by atoms with Crippen molar-refractivity contribution in [2.75, 3.05) is 19.9 Å². The molecule has 0 unspecified atom stereocenters. The Hall–Kier alpha value is -2.37. The van der Waals surface area contributed by atoms with Crippen molar-refractivity contribution in [1.82, 2.24) is 29.0 Å². The van der Waals surface area contributed by atoms with Gasteiger partial charge >= 0.3 is 0 Å². The van der Waals surface area contributed by atoms with Crippen LogP contribution in [0.2, 0.25) is 0 Å². The maximum Gasteiger partial charge on any atom is 0.271 e. The number of thioether (sulfide) groups is 1. The van der Waals surface area contributed by atoms with Crippen LogP contribution in [0.3, 0.4) is 0 Å². The molecule has 2 N–H and O–H groups in total. The average molecular weight is 408 g/mol. The fourth-order valence-corrected chi connectivity index (χ4v) is 4.27. The molecule has 9 nitrogen and oxygen atoms in total. The van der Waals surface area contributed by atoms with Crippen LogP contribution in [-0.4, -0.2) is 51.5 Å². The fourth-order valence-electron chi connectivity index (χ4n) is 2.50. The third kappa shape index (κ3) is 3.84. The highest BCUT2D eigenvalue weighted by Gasteiger charge is 2.18. The van der Waals surface area contributed by atoms with Crippen molar-refractivity contribution in [2.45, 2.75) is 29.7 Å². The summed E-state index contributed by atoms with van der Waals surface area (Å²) < 4.78 is 28.7. The standard InChI is InChI=1S/C16H21N7O2S2/c1-11-8-12(2)23(20-11)15-18-19-16(22(15)17)26-10-13-6-5-7-14(9-13)27(24,25)21(3)4/h5-9H,10,17H2,1-4H3. The van der Waals surface area contributed by atoms with E-state index in [1.807, 2.05) is 26.0 Å². The van der Waals surface area contributed by atoms with Crippen LogP contribution < -0.4 is 5.84 Å². The topological polar surface area (TPSA) is 112 Å². The van der Waals surface area contributed by atoms with Crippen LogP contribution in [0.5, 0.6) is 0 Å². The van der Waals surface area contributed by atoms with E-state index in [-0.39, 0.29) is 4.90 Å². The minimum Gasteiger partial charge on any atom is -0.334 e. The van der Waals surface area contributed by atoms with Gasteiger partial charge in [-0.3, -0.25) is 0 Å². The second kappa shape index (κ2) is 7.33. The zero-order valence-corrected chi connectivity index (χ0v) is 17.1. The van der Waals surface area contributed by atoms with Gasteiger partial charge in [-0.25, -0.2) is 22.1 Å². The van der Waals surface area contributed by atoms with E-state index < -0.39 is 10.0 Å².